The minimum Gasteiger partial charge on any atom is -0.451 e. The van der Waals surface area contributed by atoms with Crippen LogP contribution < -0.4 is 11.1 Å². The molecule has 1 saturated carbocycles. The van der Waals surface area contributed by atoms with Gasteiger partial charge in [-0.05, 0) is 42.5 Å². The third-order valence-electron chi connectivity index (χ3n) is 4.25. The average Bonchev–Trinajstić information content (AvgIpc) is 3.02. The van der Waals surface area contributed by atoms with Gasteiger partial charge >= 0.3 is 0 Å². The predicted molar refractivity (Wildman–Crippen MR) is 79.5 cm³/mol. The number of nitrogens with two attached hydrogens (primary N) is 1. The second kappa shape index (κ2) is 4.85. The summed E-state index contributed by atoms with van der Waals surface area (Å²) in [6, 6.07) is 7.12. The van der Waals surface area contributed by atoms with E-state index in [9.17, 15) is 4.79 Å². The second-order valence-electron chi connectivity index (χ2n) is 6.11. The van der Waals surface area contributed by atoms with Crippen molar-refractivity contribution < 1.29 is 9.21 Å². The summed E-state index contributed by atoms with van der Waals surface area (Å²) in [4.78, 5) is 12.2. The molecule has 1 aromatic carbocycles. The Morgan fingerprint density at radius 3 is 2.85 bits per heavy atom. The van der Waals surface area contributed by atoms with Gasteiger partial charge in [-0.2, -0.15) is 0 Å². The quantitative estimate of drug-likeness (QED) is 0.842. The summed E-state index contributed by atoms with van der Waals surface area (Å²) in [5.41, 5.74) is 7.33. The molecule has 0 saturated heterocycles. The van der Waals surface area contributed by atoms with Gasteiger partial charge < -0.3 is 15.5 Å². The van der Waals surface area contributed by atoms with Crippen molar-refractivity contribution in [1.29, 1.82) is 0 Å². The van der Waals surface area contributed by atoms with E-state index in [1.807, 2.05) is 6.07 Å². The molecule has 0 atom stereocenters. The predicted octanol–water partition coefficient (Wildman–Crippen LogP) is 3.33. The van der Waals surface area contributed by atoms with Gasteiger partial charge in [0.25, 0.3) is 5.91 Å². The molecule has 0 unspecified atom stereocenters. The first-order chi connectivity index (χ1) is 9.56. The van der Waals surface area contributed by atoms with Gasteiger partial charge in [0, 0.05) is 17.6 Å². The lowest BCUT2D eigenvalue weighted by Crippen LogP contribution is -2.33. The van der Waals surface area contributed by atoms with Gasteiger partial charge in [0.2, 0.25) is 0 Å². The third-order valence-corrected chi connectivity index (χ3v) is 4.25. The second-order valence-corrected chi connectivity index (χ2v) is 6.11. The molecule has 106 valence electrons. The number of carbonyl (C=O) groups excluding carboxylic acids is 1. The fraction of sp³-hybridized carbons (Fsp3) is 0.438. The van der Waals surface area contributed by atoms with E-state index in [-0.39, 0.29) is 11.3 Å². The van der Waals surface area contributed by atoms with Crippen molar-refractivity contribution in [2.45, 2.75) is 32.6 Å². The standard InChI is InChI=1S/C16H20N2O2/c1-16(6-2-3-7-16)10-18-15(19)14-9-11-8-12(17)4-5-13(11)20-14/h4-5,8-9H,2-3,6-7,10,17H2,1H3,(H,18,19). The molecule has 0 spiro atoms. The van der Waals surface area contributed by atoms with Crippen LogP contribution in [0.2, 0.25) is 0 Å². The van der Waals surface area contributed by atoms with Crippen LogP contribution in [0, 0.1) is 5.41 Å². The third kappa shape index (κ3) is 2.50. The number of nitrogens with one attached hydrogen (secondary N) is 1. The Morgan fingerprint density at radius 1 is 1.35 bits per heavy atom. The van der Waals surface area contributed by atoms with Gasteiger partial charge in [0.1, 0.15) is 5.58 Å². The number of fused-ring (bicyclic) bond motifs is 1. The van der Waals surface area contributed by atoms with Gasteiger partial charge in [-0.1, -0.05) is 19.8 Å². The zero-order valence-electron chi connectivity index (χ0n) is 11.7. The topological polar surface area (TPSA) is 68.3 Å². The molecule has 1 heterocycles. The number of nitrogen functional groups attached to an aromatic ring is 1. The minimum atomic E-state index is -0.145. The average molecular weight is 272 g/mol. The molecule has 4 nitrogen and oxygen atoms in total. The summed E-state index contributed by atoms with van der Waals surface area (Å²) in [7, 11) is 0. The zero-order valence-corrected chi connectivity index (χ0v) is 11.7. The first-order valence-electron chi connectivity index (χ1n) is 7.13. The Kier molecular flexibility index (Phi) is 3.16. The van der Waals surface area contributed by atoms with Gasteiger partial charge in [0.15, 0.2) is 5.76 Å². The van der Waals surface area contributed by atoms with Crippen molar-refractivity contribution in [2.24, 2.45) is 5.41 Å². The molecule has 1 aliphatic rings. The maximum absolute atomic E-state index is 12.2. The summed E-state index contributed by atoms with van der Waals surface area (Å²) < 4.78 is 5.57. The Morgan fingerprint density at radius 2 is 2.10 bits per heavy atom. The van der Waals surface area contributed by atoms with Crippen molar-refractivity contribution in [2.75, 3.05) is 12.3 Å². The molecule has 0 radical (unpaired) electrons. The number of rotatable bonds is 3. The van der Waals surface area contributed by atoms with Crippen molar-refractivity contribution in [1.82, 2.24) is 5.32 Å². The van der Waals surface area contributed by atoms with Crippen LogP contribution in [0.1, 0.15) is 43.2 Å². The fourth-order valence-electron chi connectivity index (χ4n) is 2.96. The van der Waals surface area contributed by atoms with Gasteiger partial charge in [0.05, 0.1) is 0 Å². The molecule has 4 heteroatoms. The number of amides is 1. The Bertz CT molecular complexity index is 639. The number of benzene rings is 1. The molecular weight excluding hydrogens is 252 g/mol. The zero-order chi connectivity index (χ0) is 14.2. The number of hydrogen-bond acceptors (Lipinski definition) is 3. The minimum absolute atomic E-state index is 0.145. The van der Waals surface area contributed by atoms with Gasteiger partial charge in [-0.25, -0.2) is 0 Å². The van der Waals surface area contributed by atoms with Crippen molar-refractivity contribution in [3.05, 3.63) is 30.0 Å². The largest absolute Gasteiger partial charge is 0.451 e. The van der Waals surface area contributed by atoms with Gasteiger partial charge in [-0.15, -0.1) is 0 Å². The van der Waals surface area contributed by atoms with Crippen LogP contribution >= 0.6 is 0 Å². The molecule has 20 heavy (non-hydrogen) atoms. The maximum Gasteiger partial charge on any atom is 0.287 e. The van der Waals surface area contributed by atoms with E-state index in [4.69, 9.17) is 10.2 Å². The van der Waals surface area contributed by atoms with Crippen LogP contribution in [0.15, 0.2) is 28.7 Å². The summed E-state index contributed by atoms with van der Waals surface area (Å²) in [5.74, 6) is 0.208. The molecule has 1 aromatic heterocycles. The monoisotopic (exact) mass is 272 g/mol. The highest BCUT2D eigenvalue weighted by Gasteiger charge is 2.29. The van der Waals surface area contributed by atoms with E-state index in [1.165, 1.54) is 25.7 Å². The lowest BCUT2D eigenvalue weighted by Gasteiger charge is -2.23. The molecule has 0 bridgehead atoms. The highest BCUT2D eigenvalue weighted by atomic mass is 16.3. The highest BCUT2D eigenvalue weighted by Crippen LogP contribution is 2.36. The molecule has 1 aliphatic carbocycles. The first kappa shape index (κ1) is 13.0. The lowest BCUT2D eigenvalue weighted by molar-refractivity contribution is 0.0908. The van der Waals surface area contributed by atoms with Crippen molar-refractivity contribution in [3.8, 4) is 0 Å². The number of carbonyl (C=O) groups is 1. The van der Waals surface area contributed by atoms with Crippen molar-refractivity contribution in [3.63, 3.8) is 0 Å². The van der Waals surface area contributed by atoms with Crippen LogP contribution in [0.4, 0.5) is 5.69 Å². The SMILES string of the molecule is CC1(CNC(=O)c2cc3cc(N)ccc3o2)CCCC1. The van der Waals surface area contributed by atoms with E-state index in [2.05, 4.69) is 12.2 Å². The molecule has 3 rings (SSSR count). The summed E-state index contributed by atoms with van der Waals surface area (Å²) >= 11 is 0. The molecule has 1 amide bonds. The fourth-order valence-corrected chi connectivity index (χ4v) is 2.96. The van der Waals surface area contributed by atoms with Crippen LogP contribution in [0.25, 0.3) is 11.0 Å². The Balaban J connectivity index is 1.72. The Hall–Kier alpha value is -1.97. The first-order valence-corrected chi connectivity index (χ1v) is 7.13. The van der Waals surface area contributed by atoms with Crippen LogP contribution in [-0.4, -0.2) is 12.5 Å². The molecule has 0 aliphatic heterocycles. The number of furan rings is 1. The lowest BCUT2D eigenvalue weighted by atomic mass is 9.89. The number of anilines is 1. The molecule has 1 fully saturated rings. The molecule has 2 aromatic rings. The summed E-state index contributed by atoms with van der Waals surface area (Å²) in [5, 5.41) is 3.86. The van der Waals surface area contributed by atoms with Crippen LogP contribution in [-0.2, 0) is 0 Å². The van der Waals surface area contributed by atoms with E-state index >= 15 is 0 Å². The van der Waals surface area contributed by atoms with E-state index in [0.29, 0.717) is 23.6 Å². The van der Waals surface area contributed by atoms with Crippen molar-refractivity contribution >= 4 is 22.6 Å². The molecule has 3 N–H and O–H groups in total. The summed E-state index contributed by atoms with van der Waals surface area (Å²) in [6.07, 6.45) is 4.89. The van der Waals surface area contributed by atoms with E-state index in [0.717, 1.165) is 5.39 Å². The number of hydrogen-bond donors (Lipinski definition) is 2. The highest BCUT2D eigenvalue weighted by molar-refractivity contribution is 5.96. The smallest absolute Gasteiger partial charge is 0.287 e. The van der Waals surface area contributed by atoms with E-state index in [1.54, 1.807) is 18.2 Å². The van der Waals surface area contributed by atoms with Crippen LogP contribution in [0.5, 0.6) is 0 Å². The normalized spacial score (nSPS) is 17.4. The maximum atomic E-state index is 12.2. The van der Waals surface area contributed by atoms with E-state index < -0.39 is 0 Å². The van der Waals surface area contributed by atoms with Gasteiger partial charge in [-0.3, -0.25) is 4.79 Å². The Labute approximate surface area is 118 Å². The molecular formula is C16H20N2O2. The van der Waals surface area contributed by atoms with Crippen LogP contribution in [0.3, 0.4) is 0 Å². The summed E-state index contributed by atoms with van der Waals surface area (Å²) in [6.45, 7) is 2.95.